The smallest absolute Gasteiger partial charge is 0.508 e. The van der Waals surface area contributed by atoms with Gasteiger partial charge in [-0.1, -0.05) is 35.0 Å². The number of nitrogen functional groups attached to an aromatic ring is 1. The molecule has 0 bridgehead atoms. The molecule has 0 unspecified atom stereocenters. The molecule has 0 aromatic heterocycles. The molecule has 0 aliphatic carbocycles. The zero-order valence-electron chi connectivity index (χ0n) is 28.0. The van der Waals surface area contributed by atoms with Crippen molar-refractivity contribution in [3.63, 3.8) is 0 Å². The van der Waals surface area contributed by atoms with Crippen LogP contribution in [0, 0.1) is 0 Å². The average molecular weight is 848 g/mol. The summed E-state index contributed by atoms with van der Waals surface area (Å²) >= 11 is 13.5. The summed E-state index contributed by atoms with van der Waals surface area (Å²) in [6.45, 7) is 0. The molecule has 0 saturated carbocycles. The Morgan fingerprint density at radius 3 is 1.55 bits per heavy atom. The normalized spacial score (nSPS) is 12.2. The number of nitrogens with zero attached hydrogens (tertiary/aromatic N) is 6. The summed E-state index contributed by atoms with van der Waals surface area (Å²) in [4.78, 5) is -0.136. The van der Waals surface area contributed by atoms with E-state index >= 15 is 0 Å². The molecule has 0 saturated heterocycles. The molecule has 55 heavy (non-hydrogen) atoms. The van der Waals surface area contributed by atoms with Crippen molar-refractivity contribution < 1.29 is 65.7 Å². The van der Waals surface area contributed by atoms with Crippen LogP contribution in [-0.4, -0.2) is 36.2 Å². The minimum atomic E-state index is -5.10. The predicted octanol–water partition coefficient (Wildman–Crippen LogP) is 8.03. The summed E-state index contributed by atoms with van der Waals surface area (Å²) in [5.41, 5.74) is 5.81. The number of fused-ring (bicyclic) bond motifs is 1. The number of halogens is 2. The number of rotatable bonds is 10. The standard InChI is InChI=1S/C34H23Cl2N7O8S3.Na/c35-19-1-14-26(36)27(17-19)41-42-32-28(53(46,47)48)15-18-16-29(54(49,50)51)33(34(45)30(18)31(32)37)43-40-22-6-12-25(13-7-22)52-24-10-4-21(5-11-24)39-38-20-2-8-23(44)9-3-20;/h1-17,44-45H,37H2,(H,46,47,48)(H,49,50,51);/q;+1. The molecule has 0 spiro atoms. The Labute approximate surface area is 349 Å². The second-order valence-corrected chi connectivity index (χ2v) is 15.8. The van der Waals surface area contributed by atoms with E-state index < -0.39 is 52.8 Å². The number of anilines is 1. The fraction of sp³-hybridized carbons (Fsp3) is 0. The van der Waals surface area contributed by atoms with Crippen LogP contribution in [0.2, 0.25) is 10.0 Å². The van der Waals surface area contributed by atoms with Crippen LogP contribution < -0.4 is 35.3 Å². The van der Waals surface area contributed by atoms with E-state index in [0.717, 1.165) is 21.9 Å². The van der Waals surface area contributed by atoms with Crippen LogP contribution in [0.5, 0.6) is 11.5 Å². The van der Waals surface area contributed by atoms with E-state index in [1.54, 1.807) is 48.5 Å². The number of nitrogens with two attached hydrogens (primary N) is 1. The summed E-state index contributed by atoms with van der Waals surface area (Å²) < 4.78 is 69.6. The van der Waals surface area contributed by atoms with Crippen molar-refractivity contribution in [3.8, 4) is 11.5 Å². The van der Waals surface area contributed by atoms with E-state index in [2.05, 4.69) is 30.7 Å². The van der Waals surface area contributed by atoms with Crippen molar-refractivity contribution >= 4 is 106 Å². The van der Waals surface area contributed by atoms with Crippen LogP contribution in [0.4, 0.5) is 39.8 Å². The van der Waals surface area contributed by atoms with Crippen molar-refractivity contribution in [2.45, 2.75) is 19.6 Å². The SMILES string of the molecule is Nc1c(N=Nc2cc(Cl)ccc2Cl)c(S(=O)(=O)O)cc2cc(S(=O)(=O)O)c(N=Nc3ccc(Sc4ccc(N=Nc5ccc(O)cc5)cc4)cc3)c(O)c12.[Na+]. The van der Waals surface area contributed by atoms with Gasteiger partial charge in [-0.05, 0) is 109 Å². The van der Waals surface area contributed by atoms with Crippen LogP contribution in [0.3, 0.4) is 0 Å². The van der Waals surface area contributed by atoms with Gasteiger partial charge in [0.25, 0.3) is 20.2 Å². The molecule has 6 N–H and O–H groups in total. The Morgan fingerprint density at radius 1 is 0.582 bits per heavy atom. The van der Waals surface area contributed by atoms with Crippen molar-refractivity contribution in [3.05, 3.63) is 113 Å². The van der Waals surface area contributed by atoms with Crippen LogP contribution in [0.1, 0.15) is 0 Å². The summed E-state index contributed by atoms with van der Waals surface area (Å²) in [5.74, 6) is -0.774. The number of hydrogen-bond acceptors (Lipinski definition) is 14. The van der Waals surface area contributed by atoms with Gasteiger partial charge in [-0.25, -0.2) is 0 Å². The molecule has 6 rings (SSSR count). The van der Waals surface area contributed by atoms with Crippen LogP contribution in [0.15, 0.2) is 153 Å². The molecule has 21 heteroatoms. The Morgan fingerprint density at radius 2 is 1.04 bits per heavy atom. The Balaban J connectivity index is 0.00000580. The third kappa shape index (κ3) is 10.0. The van der Waals surface area contributed by atoms with Gasteiger partial charge in [-0.2, -0.15) is 32.2 Å². The Bertz CT molecular complexity index is 2740. The molecule has 6 aromatic carbocycles. The molecule has 0 radical (unpaired) electrons. The van der Waals surface area contributed by atoms with Gasteiger partial charge in [-0.3, -0.25) is 9.11 Å². The van der Waals surface area contributed by atoms with Crippen molar-refractivity contribution in [2.75, 3.05) is 5.73 Å². The van der Waals surface area contributed by atoms with E-state index in [4.69, 9.17) is 28.9 Å². The number of benzene rings is 6. The molecule has 274 valence electrons. The van der Waals surface area contributed by atoms with Crippen molar-refractivity contribution in [1.82, 2.24) is 0 Å². The maximum absolute atomic E-state index is 12.4. The molecule has 0 fully saturated rings. The van der Waals surface area contributed by atoms with Crippen molar-refractivity contribution in [1.29, 1.82) is 0 Å². The first-order valence-electron chi connectivity index (χ1n) is 15.0. The summed E-state index contributed by atoms with van der Waals surface area (Å²) in [5, 5.41) is 44.4. The van der Waals surface area contributed by atoms with Crippen LogP contribution in [-0.2, 0) is 20.2 Å². The maximum atomic E-state index is 12.4. The van der Waals surface area contributed by atoms with E-state index in [9.17, 15) is 36.2 Å². The van der Waals surface area contributed by atoms with Gasteiger partial charge in [0.1, 0.15) is 32.6 Å². The molecular weight excluding hydrogens is 825 g/mol. The molecule has 0 aliphatic heterocycles. The maximum Gasteiger partial charge on any atom is 1.00 e. The summed E-state index contributed by atoms with van der Waals surface area (Å²) in [6.07, 6.45) is 0. The first kappa shape index (κ1) is 41.7. The Kier molecular flexibility index (Phi) is 13.0. The van der Waals surface area contributed by atoms with Gasteiger partial charge < -0.3 is 15.9 Å². The number of azo groups is 3. The number of aromatic hydroxyl groups is 2. The molecule has 0 aliphatic rings. The fourth-order valence-electron chi connectivity index (χ4n) is 4.81. The molecule has 15 nitrogen and oxygen atoms in total. The first-order valence-corrected chi connectivity index (χ1v) is 19.5. The fourth-order valence-corrected chi connectivity index (χ4v) is 7.28. The predicted molar refractivity (Wildman–Crippen MR) is 204 cm³/mol. The van der Waals surface area contributed by atoms with Crippen LogP contribution in [0.25, 0.3) is 10.8 Å². The molecular formula is C34H23Cl2N7NaO8S3+. The average Bonchev–Trinajstić information content (AvgIpc) is 3.12. The minimum Gasteiger partial charge on any atom is -0.508 e. The second-order valence-electron chi connectivity index (χ2n) is 11.1. The monoisotopic (exact) mass is 846 g/mol. The van der Waals surface area contributed by atoms with Gasteiger partial charge in [0.2, 0.25) is 0 Å². The number of phenolic OH excluding ortho intramolecular Hbond substituents is 2. The van der Waals surface area contributed by atoms with E-state index in [1.165, 1.54) is 42.1 Å². The topological polar surface area (TPSA) is 249 Å². The quantitative estimate of drug-likeness (QED) is 0.0384. The van der Waals surface area contributed by atoms with E-state index in [1.807, 2.05) is 12.1 Å². The van der Waals surface area contributed by atoms with Gasteiger partial charge >= 0.3 is 29.6 Å². The minimum absolute atomic E-state index is 0. The van der Waals surface area contributed by atoms with Crippen LogP contribution >= 0.6 is 35.0 Å². The van der Waals surface area contributed by atoms with Gasteiger partial charge in [0.15, 0.2) is 5.75 Å². The van der Waals surface area contributed by atoms with Gasteiger partial charge in [0, 0.05) is 14.8 Å². The Hall–Kier alpha value is -4.47. The molecule has 0 atom stereocenters. The zero-order valence-corrected chi connectivity index (χ0v) is 33.9. The summed E-state index contributed by atoms with van der Waals surface area (Å²) in [7, 11) is -10.2. The summed E-state index contributed by atoms with van der Waals surface area (Å²) in [6, 6.07) is 26.0. The number of hydrogen-bond donors (Lipinski definition) is 5. The third-order valence-corrected chi connectivity index (χ3v) is 10.6. The molecule has 0 heterocycles. The third-order valence-electron chi connectivity index (χ3n) is 7.34. The van der Waals surface area contributed by atoms with Gasteiger partial charge in [-0.15, -0.1) is 15.3 Å². The second kappa shape index (κ2) is 17.1. The van der Waals surface area contributed by atoms with E-state index in [0.29, 0.717) is 11.4 Å². The number of phenols is 2. The largest absolute Gasteiger partial charge is 1.00 e. The van der Waals surface area contributed by atoms with Crippen molar-refractivity contribution in [2.24, 2.45) is 30.7 Å². The van der Waals surface area contributed by atoms with E-state index in [-0.39, 0.29) is 67.5 Å². The molecule has 0 amide bonds. The molecule has 6 aromatic rings. The first-order chi connectivity index (χ1) is 25.6. The zero-order chi connectivity index (χ0) is 38.8. The van der Waals surface area contributed by atoms with Gasteiger partial charge in [0.05, 0.1) is 33.2 Å².